The fraction of sp³-hybridized carbons (Fsp3) is 0.300. The molecule has 7 rings (SSSR count). The maximum Gasteiger partial charge on any atom is 0.338 e. The summed E-state index contributed by atoms with van der Waals surface area (Å²) in [5.74, 6) is -2.04. The monoisotopic (exact) mass is 543 g/mol. The maximum absolute atomic E-state index is 14.0. The van der Waals surface area contributed by atoms with E-state index in [2.05, 4.69) is 47.1 Å². The number of ether oxygens (including phenoxy) is 1. The van der Waals surface area contributed by atoms with Gasteiger partial charge in [-0.15, -0.1) is 0 Å². The number of halogens is 1. The highest BCUT2D eigenvalue weighted by atomic mass is 79.9. The van der Waals surface area contributed by atoms with Crippen LogP contribution in [0.25, 0.3) is 0 Å². The second kappa shape index (κ2) is 8.70. The smallest absolute Gasteiger partial charge is 0.338 e. The highest BCUT2D eigenvalue weighted by molar-refractivity contribution is 9.09. The molecule has 1 heterocycles. The van der Waals surface area contributed by atoms with E-state index in [1.54, 1.807) is 24.3 Å². The number of anilines is 1. The normalized spacial score (nSPS) is 25.4. The van der Waals surface area contributed by atoms with E-state index in [0.29, 0.717) is 17.9 Å². The molecule has 2 atom stereocenters. The number of alkyl halides is 1. The number of imide groups is 1. The maximum atomic E-state index is 14.0. The Balaban J connectivity index is 1.35. The third-order valence-electron chi connectivity index (χ3n) is 7.86. The molecule has 1 saturated heterocycles. The molecule has 1 aliphatic heterocycles. The zero-order valence-electron chi connectivity index (χ0n) is 19.9. The molecule has 0 spiro atoms. The lowest BCUT2D eigenvalue weighted by Crippen LogP contribution is -2.50. The number of benzene rings is 3. The van der Waals surface area contributed by atoms with Crippen molar-refractivity contribution in [1.29, 1.82) is 0 Å². The Bertz CT molecular complexity index is 1330. The van der Waals surface area contributed by atoms with Crippen molar-refractivity contribution in [2.45, 2.75) is 36.4 Å². The number of hydrogen-bond acceptors (Lipinski definition) is 4. The van der Waals surface area contributed by atoms with Crippen LogP contribution in [-0.2, 0) is 18.7 Å². The first-order valence-electron chi connectivity index (χ1n) is 12.5. The lowest BCUT2D eigenvalue weighted by molar-refractivity contribution is -0.122. The van der Waals surface area contributed by atoms with Crippen molar-refractivity contribution in [3.8, 4) is 0 Å². The molecule has 3 aromatic carbocycles. The lowest BCUT2D eigenvalue weighted by Gasteiger charge is -2.51. The van der Waals surface area contributed by atoms with Crippen molar-refractivity contribution in [1.82, 2.24) is 0 Å². The van der Waals surface area contributed by atoms with E-state index >= 15 is 0 Å². The molecule has 5 nitrogen and oxygen atoms in total. The summed E-state index contributed by atoms with van der Waals surface area (Å²) in [7, 11) is 0. The Hall–Kier alpha value is -3.25. The van der Waals surface area contributed by atoms with Gasteiger partial charge in [0.25, 0.3) is 0 Å². The Morgan fingerprint density at radius 2 is 1.50 bits per heavy atom. The first-order chi connectivity index (χ1) is 17.5. The molecule has 2 amide bonds. The van der Waals surface area contributed by atoms with Gasteiger partial charge in [-0.25, -0.2) is 9.69 Å². The van der Waals surface area contributed by atoms with Gasteiger partial charge in [0.05, 0.1) is 34.0 Å². The van der Waals surface area contributed by atoms with E-state index in [0.717, 1.165) is 41.5 Å². The average Bonchev–Trinajstić information content (AvgIpc) is 3.18. The van der Waals surface area contributed by atoms with Crippen LogP contribution in [0.4, 0.5) is 5.69 Å². The number of rotatable bonds is 6. The van der Waals surface area contributed by atoms with Crippen LogP contribution in [0, 0.1) is 11.8 Å². The Labute approximate surface area is 218 Å². The van der Waals surface area contributed by atoms with E-state index in [9.17, 15) is 14.4 Å². The summed E-state index contributed by atoms with van der Waals surface area (Å²) in [5.41, 5.74) is 5.18. The standard InChI is InChI=1S/C30H26BrNO4/c1-2-3-8-17-36-29(35)18-13-15-19(16-14-18)32-27(33)25-24-20-9-4-6-11-22(20)30(31,26(25)28(32)34)23-12-7-5-10-21(23)24/h4-7,9-16,24-26H,2-3,8,17H2,1H3/t24?,25-,26-,30?/m1/s1. The van der Waals surface area contributed by atoms with E-state index in [4.69, 9.17) is 4.74 Å². The van der Waals surface area contributed by atoms with Gasteiger partial charge >= 0.3 is 5.97 Å². The molecule has 3 aromatic rings. The largest absolute Gasteiger partial charge is 0.462 e. The van der Waals surface area contributed by atoms with Crippen LogP contribution in [0.5, 0.6) is 0 Å². The SMILES string of the molecule is CCCCCOC(=O)c1ccc(N2C(=O)[C@@H]3C4c5ccccc5C(Br)(c5ccccc54)[C@H]3C2=O)cc1. The first-order valence-corrected chi connectivity index (χ1v) is 13.3. The van der Waals surface area contributed by atoms with Crippen molar-refractivity contribution in [2.75, 3.05) is 11.5 Å². The second-order valence-electron chi connectivity index (χ2n) is 9.77. The predicted molar refractivity (Wildman–Crippen MR) is 140 cm³/mol. The Morgan fingerprint density at radius 3 is 2.11 bits per heavy atom. The van der Waals surface area contributed by atoms with Crippen LogP contribution in [0.15, 0.2) is 72.8 Å². The van der Waals surface area contributed by atoms with E-state index in [1.807, 2.05) is 24.3 Å². The van der Waals surface area contributed by atoms with Crippen LogP contribution >= 0.6 is 15.9 Å². The van der Waals surface area contributed by atoms with Gasteiger partial charge in [0, 0.05) is 5.92 Å². The predicted octanol–water partition coefficient (Wildman–Crippen LogP) is 5.94. The van der Waals surface area contributed by atoms with Crippen LogP contribution in [0.1, 0.15) is 64.7 Å². The molecule has 0 N–H and O–H groups in total. The van der Waals surface area contributed by atoms with Crippen molar-refractivity contribution >= 4 is 39.4 Å². The summed E-state index contributed by atoms with van der Waals surface area (Å²) < 4.78 is 4.57. The number of hydrogen-bond donors (Lipinski definition) is 0. The third kappa shape index (κ3) is 3.16. The Morgan fingerprint density at radius 1 is 0.889 bits per heavy atom. The molecule has 2 bridgehead atoms. The first kappa shape index (κ1) is 23.2. The summed E-state index contributed by atoms with van der Waals surface area (Å²) in [6.45, 7) is 2.48. The number of carbonyl (C=O) groups excluding carboxylic acids is 3. The van der Waals surface area contributed by atoms with Crippen molar-refractivity contribution < 1.29 is 19.1 Å². The summed E-state index contributed by atoms with van der Waals surface area (Å²) in [6.07, 6.45) is 2.90. The molecule has 0 aromatic heterocycles. The molecule has 6 heteroatoms. The van der Waals surface area contributed by atoms with Gasteiger partial charge < -0.3 is 4.74 Å². The molecular weight excluding hydrogens is 518 g/mol. The minimum atomic E-state index is -0.774. The zero-order valence-corrected chi connectivity index (χ0v) is 21.5. The van der Waals surface area contributed by atoms with Crippen LogP contribution in [0.2, 0.25) is 0 Å². The number of amides is 2. The molecule has 4 aliphatic rings. The van der Waals surface area contributed by atoms with E-state index < -0.39 is 22.1 Å². The molecule has 0 radical (unpaired) electrons. The number of carbonyl (C=O) groups is 3. The fourth-order valence-electron chi connectivity index (χ4n) is 6.28. The highest BCUT2D eigenvalue weighted by Crippen LogP contribution is 2.66. The summed E-state index contributed by atoms with van der Waals surface area (Å²) in [5, 5.41) is 0. The van der Waals surface area contributed by atoms with Gasteiger partial charge in [0.2, 0.25) is 11.8 Å². The summed E-state index contributed by atoms with van der Waals surface area (Å²) in [6, 6.07) is 22.8. The van der Waals surface area contributed by atoms with Crippen LogP contribution < -0.4 is 4.90 Å². The van der Waals surface area contributed by atoms with Crippen molar-refractivity contribution in [2.24, 2.45) is 11.8 Å². The Kier molecular flexibility index (Phi) is 5.60. The minimum absolute atomic E-state index is 0.180. The fourth-order valence-corrected chi connectivity index (χ4v) is 7.48. The third-order valence-corrected chi connectivity index (χ3v) is 9.20. The van der Waals surface area contributed by atoms with E-state index in [-0.39, 0.29) is 17.7 Å². The lowest BCUT2D eigenvalue weighted by atomic mass is 9.55. The molecule has 3 aliphatic carbocycles. The number of nitrogens with zero attached hydrogens (tertiary/aromatic N) is 1. The van der Waals surface area contributed by atoms with Gasteiger partial charge in [-0.3, -0.25) is 9.59 Å². The van der Waals surface area contributed by atoms with Gasteiger partial charge in [0.1, 0.15) is 0 Å². The molecule has 0 unspecified atom stereocenters. The number of esters is 1. The van der Waals surface area contributed by atoms with Gasteiger partial charge in [0.15, 0.2) is 0 Å². The van der Waals surface area contributed by atoms with Crippen LogP contribution in [0.3, 0.4) is 0 Å². The molecule has 0 saturated carbocycles. The molecule has 36 heavy (non-hydrogen) atoms. The molecule has 182 valence electrons. The van der Waals surface area contributed by atoms with Crippen LogP contribution in [-0.4, -0.2) is 24.4 Å². The van der Waals surface area contributed by atoms with E-state index in [1.165, 1.54) is 4.90 Å². The average molecular weight is 544 g/mol. The summed E-state index contributed by atoms with van der Waals surface area (Å²) in [4.78, 5) is 41.6. The van der Waals surface area contributed by atoms with Crippen molar-refractivity contribution in [3.05, 3.63) is 101 Å². The highest BCUT2D eigenvalue weighted by Gasteiger charge is 2.67. The van der Waals surface area contributed by atoms with Gasteiger partial charge in [-0.05, 0) is 52.9 Å². The van der Waals surface area contributed by atoms with Gasteiger partial charge in [-0.1, -0.05) is 84.2 Å². The quantitative estimate of drug-likeness (QED) is 0.167. The van der Waals surface area contributed by atoms with Gasteiger partial charge in [-0.2, -0.15) is 0 Å². The zero-order chi connectivity index (χ0) is 25.0. The van der Waals surface area contributed by atoms with Crippen molar-refractivity contribution in [3.63, 3.8) is 0 Å². The minimum Gasteiger partial charge on any atom is -0.462 e. The second-order valence-corrected chi connectivity index (χ2v) is 11.0. The topological polar surface area (TPSA) is 63.7 Å². The molecular formula is C30H26BrNO4. The molecule has 1 fully saturated rings. The number of unbranched alkanes of at least 4 members (excludes halogenated alkanes) is 2. The summed E-state index contributed by atoms with van der Waals surface area (Å²) >= 11 is 4.01.